The van der Waals surface area contributed by atoms with Crippen molar-refractivity contribution in [2.75, 3.05) is 5.73 Å². The highest BCUT2D eigenvalue weighted by Crippen LogP contribution is 2.25. The molecule has 0 radical (unpaired) electrons. The molecule has 1 heterocycles. The highest BCUT2D eigenvalue weighted by molar-refractivity contribution is 5.80. The maximum atomic E-state index is 5.83. The van der Waals surface area contributed by atoms with Gasteiger partial charge in [0.25, 0.3) is 0 Å². The highest BCUT2D eigenvalue weighted by atomic mass is 14.8. The van der Waals surface area contributed by atoms with Gasteiger partial charge in [0.1, 0.15) is 0 Å². The number of anilines is 1. The summed E-state index contributed by atoms with van der Waals surface area (Å²) in [6.45, 7) is 4.03. The molecule has 0 atom stereocenters. The average Bonchev–Trinajstić information content (AvgIpc) is 2.36. The molecule has 1 aromatic carbocycles. The fourth-order valence-electron chi connectivity index (χ4n) is 1.56. The molecule has 17 heavy (non-hydrogen) atoms. The van der Waals surface area contributed by atoms with E-state index in [4.69, 9.17) is 5.73 Å². The summed E-state index contributed by atoms with van der Waals surface area (Å²) in [4.78, 5) is 8.62. The fourth-order valence-corrected chi connectivity index (χ4v) is 1.56. The number of hydrogen-bond acceptors (Lipinski definition) is 3. The Morgan fingerprint density at radius 3 is 2.65 bits per heavy atom. The molecule has 2 rings (SSSR count). The summed E-state index contributed by atoms with van der Waals surface area (Å²) in [6.07, 6.45) is 3.51. The quantitative estimate of drug-likeness (QED) is 0.631. The van der Waals surface area contributed by atoms with E-state index in [1.807, 2.05) is 44.2 Å². The molecule has 0 aliphatic carbocycles. The van der Waals surface area contributed by atoms with Crippen LogP contribution in [0.3, 0.4) is 0 Å². The Hall–Kier alpha value is -2.16. The molecule has 0 amide bonds. The first-order chi connectivity index (χ1) is 8.18. The normalized spacial score (nSPS) is 10.9. The van der Waals surface area contributed by atoms with Gasteiger partial charge in [-0.25, -0.2) is 0 Å². The van der Waals surface area contributed by atoms with Crippen LogP contribution in [0.2, 0.25) is 0 Å². The van der Waals surface area contributed by atoms with E-state index >= 15 is 0 Å². The predicted octanol–water partition coefficient (Wildman–Crippen LogP) is 3.03. The van der Waals surface area contributed by atoms with Crippen LogP contribution in [-0.4, -0.2) is 11.2 Å². The van der Waals surface area contributed by atoms with Crippen LogP contribution in [-0.2, 0) is 0 Å². The summed E-state index contributed by atoms with van der Waals surface area (Å²) >= 11 is 0. The first-order valence-electron chi connectivity index (χ1n) is 5.49. The molecule has 0 unspecified atom stereocenters. The van der Waals surface area contributed by atoms with Crippen LogP contribution < -0.4 is 5.73 Å². The minimum Gasteiger partial charge on any atom is -0.399 e. The third kappa shape index (κ3) is 2.50. The van der Waals surface area contributed by atoms with Crippen molar-refractivity contribution >= 4 is 17.6 Å². The number of nitrogens with zero attached hydrogens (tertiary/aromatic N) is 2. The van der Waals surface area contributed by atoms with Crippen LogP contribution in [0.15, 0.2) is 41.5 Å². The summed E-state index contributed by atoms with van der Waals surface area (Å²) in [6, 6.07) is 9.55. The minimum atomic E-state index is 0.805. The Morgan fingerprint density at radius 1 is 1.12 bits per heavy atom. The number of rotatable bonds is 2. The van der Waals surface area contributed by atoms with Crippen molar-refractivity contribution in [2.24, 2.45) is 4.99 Å². The number of aliphatic imine (C=N–C) groups is 1. The number of benzene rings is 1. The van der Waals surface area contributed by atoms with E-state index in [0.29, 0.717) is 0 Å². The molecule has 0 aliphatic heterocycles. The molecule has 0 saturated heterocycles. The Kier molecular flexibility index (Phi) is 3.19. The van der Waals surface area contributed by atoms with Gasteiger partial charge in [-0.1, -0.05) is 6.07 Å². The Morgan fingerprint density at radius 2 is 1.94 bits per heavy atom. The first-order valence-corrected chi connectivity index (χ1v) is 5.49. The van der Waals surface area contributed by atoms with Crippen molar-refractivity contribution < 1.29 is 0 Å². The molecule has 0 aliphatic rings. The van der Waals surface area contributed by atoms with E-state index in [9.17, 15) is 0 Å². The minimum absolute atomic E-state index is 0.805. The van der Waals surface area contributed by atoms with Crippen LogP contribution >= 0.6 is 0 Å². The van der Waals surface area contributed by atoms with Gasteiger partial charge >= 0.3 is 0 Å². The standard InChI is InChI=1S/C14H15N3/c1-10-11(2)14(7-6-13(10)15)17-9-12-5-3-4-8-16-12/h3-9H,15H2,1-2H3/b17-9+. The predicted molar refractivity (Wildman–Crippen MR) is 71.8 cm³/mol. The van der Waals surface area contributed by atoms with Crippen LogP contribution in [0, 0.1) is 13.8 Å². The second kappa shape index (κ2) is 4.78. The zero-order chi connectivity index (χ0) is 12.3. The van der Waals surface area contributed by atoms with E-state index in [-0.39, 0.29) is 0 Å². The maximum Gasteiger partial charge on any atom is 0.0812 e. The number of nitrogens with two attached hydrogens (primary N) is 1. The molecule has 3 heteroatoms. The van der Waals surface area contributed by atoms with Gasteiger partial charge in [-0.2, -0.15) is 0 Å². The third-order valence-corrected chi connectivity index (χ3v) is 2.82. The number of aromatic nitrogens is 1. The van der Waals surface area contributed by atoms with Crippen LogP contribution in [0.5, 0.6) is 0 Å². The first kappa shape index (κ1) is 11.3. The van der Waals surface area contributed by atoms with E-state index < -0.39 is 0 Å². The molecule has 0 saturated carbocycles. The van der Waals surface area contributed by atoms with Crippen molar-refractivity contribution in [3.63, 3.8) is 0 Å². The van der Waals surface area contributed by atoms with Crippen molar-refractivity contribution in [1.82, 2.24) is 4.98 Å². The van der Waals surface area contributed by atoms with Gasteiger partial charge in [-0.3, -0.25) is 9.98 Å². The number of pyridine rings is 1. The molecular weight excluding hydrogens is 210 g/mol. The molecule has 2 aromatic rings. The van der Waals surface area contributed by atoms with E-state index in [0.717, 1.165) is 28.2 Å². The zero-order valence-electron chi connectivity index (χ0n) is 10.0. The zero-order valence-corrected chi connectivity index (χ0v) is 10.0. The smallest absolute Gasteiger partial charge is 0.0812 e. The lowest BCUT2D eigenvalue weighted by Gasteiger charge is -2.06. The topological polar surface area (TPSA) is 51.3 Å². The summed E-state index contributed by atoms with van der Waals surface area (Å²) in [5, 5.41) is 0. The lowest BCUT2D eigenvalue weighted by atomic mass is 10.1. The van der Waals surface area contributed by atoms with Crippen molar-refractivity contribution in [2.45, 2.75) is 13.8 Å². The van der Waals surface area contributed by atoms with Crippen molar-refractivity contribution in [3.8, 4) is 0 Å². The van der Waals surface area contributed by atoms with Gasteiger partial charge in [-0.05, 0) is 49.2 Å². The van der Waals surface area contributed by atoms with E-state index in [1.165, 1.54) is 0 Å². The fraction of sp³-hybridized carbons (Fsp3) is 0.143. The van der Waals surface area contributed by atoms with Gasteiger partial charge in [0, 0.05) is 11.9 Å². The van der Waals surface area contributed by atoms with E-state index in [2.05, 4.69) is 9.98 Å². The maximum absolute atomic E-state index is 5.83. The van der Waals surface area contributed by atoms with Crippen molar-refractivity contribution in [3.05, 3.63) is 53.3 Å². The van der Waals surface area contributed by atoms with Crippen LogP contribution in [0.1, 0.15) is 16.8 Å². The molecule has 86 valence electrons. The van der Waals surface area contributed by atoms with Gasteiger partial charge in [0.15, 0.2) is 0 Å². The summed E-state index contributed by atoms with van der Waals surface area (Å²) in [5.41, 5.74) is 10.6. The second-order valence-electron chi connectivity index (χ2n) is 3.94. The molecule has 3 nitrogen and oxygen atoms in total. The Bertz CT molecular complexity index is 545. The second-order valence-corrected chi connectivity index (χ2v) is 3.94. The van der Waals surface area contributed by atoms with Gasteiger partial charge in [0.05, 0.1) is 17.6 Å². The Labute approximate surface area is 101 Å². The summed E-state index contributed by atoms with van der Waals surface area (Å²) < 4.78 is 0. The number of hydrogen-bond donors (Lipinski definition) is 1. The molecule has 0 spiro atoms. The Balaban J connectivity index is 2.31. The monoisotopic (exact) mass is 225 g/mol. The summed E-state index contributed by atoms with van der Waals surface area (Å²) in [5.74, 6) is 0. The lowest BCUT2D eigenvalue weighted by Crippen LogP contribution is -1.92. The largest absolute Gasteiger partial charge is 0.399 e. The molecule has 0 bridgehead atoms. The van der Waals surface area contributed by atoms with Crippen LogP contribution in [0.4, 0.5) is 11.4 Å². The molecule has 0 fully saturated rings. The van der Waals surface area contributed by atoms with Crippen molar-refractivity contribution in [1.29, 1.82) is 0 Å². The molecule has 2 N–H and O–H groups in total. The number of nitrogen functional groups attached to an aromatic ring is 1. The van der Waals surface area contributed by atoms with Crippen LogP contribution in [0.25, 0.3) is 0 Å². The van der Waals surface area contributed by atoms with Gasteiger partial charge in [-0.15, -0.1) is 0 Å². The SMILES string of the molecule is Cc1c(N)ccc(/N=C/c2ccccn2)c1C. The molecule has 1 aromatic heterocycles. The lowest BCUT2D eigenvalue weighted by molar-refractivity contribution is 1.29. The van der Waals surface area contributed by atoms with Gasteiger partial charge < -0.3 is 5.73 Å². The van der Waals surface area contributed by atoms with Gasteiger partial charge in [0.2, 0.25) is 0 Å². The summed E-state index contributed by atoms with van der Waals surface area (Å²) in [7, 11) is 0. The van der Waals surface area contributed by atoms with E-state index in [1.54, 1.807) is 12.4 Å². The average molecular weight is 225 g/mol. The third-order valence-electron chi connectivity index (χ3n) is 2.82. The highest BCUT2D eigenvalue weighted by Gasteiger charge is 2.02. The molecular formula is C14H15N3.